The molecule has 2 saturated heterocycles. The maximum atomic E-state index is 5.93. The Balaban J connectivity index is 2.11. The monoisotopic (exact) mass is 198 g/mol. The number of likely N-dealkylation sites (tertiary alicyclic amines) is 1. The van der Waals surface area contributed by atoms with Crippen molar-refractivity contribution in [3.8, 4) is 0 Å². The summed E-state index contributed by atoms with van der Waals surface area (Å²) in [6.07, 6.45) is 2.42. The van der Waals surface area contributed by atoms with Crippen LogP contribution in [0.5, 0.6) is 0 Å². The van der Waals surface area contributed by atoms with Gasteiger partial charge in [0.05, 0.1) is 12.1 Å². The molecule has 3 heteroatoms. The van der Waals surface area contributed by atoms with Crippen LogP contribution in [0.25, 0.3) is 0 Å². The molecule has 2 heterocycles. The molecule has 2 aliphatic rings. The third-order valence-electron chi connectivity index (χ3n) is 3.86. The first-order valence-electron chi connectivity index (χ1n) is 5.72. The zero-order valence-corrected chi connectivity index (χ0v) is 9.33. The van der Waals surface area contributed by atoms with Crippen molar-refractivity contribution in [3.63, 3.8) is 0 Å². The second-order valence-electron chi connectivity index (χ2n) is 5.07. The van der Waals surface area contributed by atoms with Gasteiger partial charge in [0.2, 0.25) is 0 Å². The van der Waals surface area contributed by atoms with E-state index in [9.17, 15) is 0 Å². The molecule has 2 aliphatic heterocycles. The van der Waals surface area contributed by atoms with Crippen molar-refractivity contribution in [1.82, 2.24) is 4.90 Å². The number of ether oxygens (including phenoxy) is 1. The van der Waals surface area contributed by atoms with Gasteiger partial charge in [0.15, 0.2) is 0 Å². The molecule has 2 fully saturated rings. The molecule has 0 aromatic rings. The van der Waals surface area contributed by atoms with Crippen LogP contribution in [-0.2, 0) is 4.74 Å². The lowest BCUT2D eigenvalue weighted by Gasteiger charge is -2.39. The third-order valence-corrected chi connectivity index (χ3v) is 3.86. The maximum Gasteiger partial charge on any atom is 0.0663 e. The van der Waals surface area contributed by atoms with Crippen LogP contribution >= 0.6 is 0 Å². The van der Waals surface area contributed by atoms with Gasteiger partial charge in [0.25, 0.3) is 0 Å². The largest absolute Gasteiger partial charge is 0.379 e. The lowest BCUT2D eigenvalue weighted by atomic mass is 9.95. The summed E-state index contributed by atoms with van der Waals surface area (Å²) < 4.78 is 5.53. The highest BCUT2D eigenvalue weighted by molar-refractivity contribution is 5.00. The van der Waals surface area contributed by atoms with E-state index in [-0.39, 0.29) is 5.54 Å². The van der Waals surface area contributed by atoms with Crippen LogP contribution in [0, 0.1) is 5.92 Å². The van der Waals surface area contributed by atoms with E-state index in [4.69, 9.17) is 10.5 Å². The highest BCUT2D eigenvalue weighted by Crippen LogP contribution is 2.34. The number of nitrogens with zero attached hydrogens (tertiary/aromatic N) is 1. The summed E-state index contributed by atoms with van der Waals surface area (Å²) in [7, 11) is 0. The SMILES string of the molecule is CC1CC(C)N(C2(CN)CCOC2)C1. The summed E-state index contributed by atoms with van der Waals surface area (Å²) >= 11 is 0. The molecule has 0 aromatic heterocycles. The van der Waals surface area contributed by atoms with Crippen LogP contribution < -0.4 is 5.73 Å². The quantitative estimate of drug-likeness (QED) is 0.714. The Morgan fingerprint density at radius 1 is 1.50 bits per heavy atom. The first-order chi connectivity index (χ1) is 6.68. The van der Waals surface area contributed by atoms with Gasteiger partial charge in [-0.2, -0.15) is 0 Å². The number of rotatable bonds is 2. The van der Waals surface area contributed by atoms with E-state index >= 15 is 0 Å². The summed E-state index contributed by atoms with van der Waals surface area (Å²) in [5.74, 6) is 0.814. The third kappa shape index (κ3) is 1.58. The van der Waals surface area contributed by atoms with E-state index in [1.54, 1.807) is 0 Å². The molecule has 0 bridgehead atoms. The van der Waals surface area contributed by atoms with Gasteiger partial charge in [-0.15, -0.1) is 0 Å². The Kier molecular flexibility index (Phi) is 2.82. The molecule has 0 radical (unpaired) electrons. The van der Waals surface area contributed by atoms with Crippen LogP contribution in [0.4, 0.5) is 0 Å². The van der Waals surface area contributed by atoms with Gasteiger partial charge in [0, 0.05) is 25.7 Å². The van der Waals surface area contributed by atoms with Crippen molar-refractivity contribution in [3.05, 3.63) is 0 Å². The molecule has 2 N–H and O–H groups in total. The van der Waals surface area contributed by atoms with Gasteiger partial charge >= 0.3 is 0 Å². The summed E-state index contributed by atoms with van der Waals surface area (Å²) in [6, 6.07) is 0.676. The van der Waals surface area contributed by atoms with Crippen LogP contribution in [0.15, 0.2) is 0 Å². The minimum Gasteiger partial charge on any atom is -0.379 e. The van der Waals surface area contributed by atoms with Crippen molar-refractivity contribution >= 4 is 0 Å². The van der Waals surface area contributed by atoms with Gasteiger partial charge in [0.1, 0.15) is 0 Å². The number of hydrogen-bond donors (Lipinski definition) is 1. The molecular formula is C11H22N2O. The van der Waals surface area contributed by atoms with Gasteiger partial charge < -0.3 is 10.5 Å². The molecule has 0 saturated carbocycles. The zero-order chi connectivity index (χ0) is 10.2. The first kappa shape index (κ1) is 10.4. The van der Waals surface area contributed by atoms with Crippen molar-refractivity contribution in [1.29, 1.82) is 0 Å². The van der Waals surface area contributed by atoms with Crippen LogP contribution in [0.1, 0.15) is 26.7 Å². The minimum atomic E-state index is 0.157. The molecule has 0 aromatic carbocycles. The predicted molar refractivity (Wildman–Crippen MR) is 57.2 cm³/mol. The van der Waals surface area contributed by atoms with E-state index in [0.717, 1.165) is 32.1 Å². The Morgan fingerprint density at radius 2 is 2.29 bits per heavy atom. The molecule has 0 amide bonds. The average Bonchev–Trinajstić information content (AvgIpc) is 2.73. The Labute approximate surface area is 86.6 Å². The molecule has 0 spiro atoms. The summed E-state index contributed by atoms with van der Waals surface area (Å²) in [5, 5.41) is 0. The lowest BCUT2D eigenvalue weighted by Crippen LogP contribution is -2.55. The standard InChI is InChI=1S/C11H22N2O/c1-9-5-10(2)13(6-9)11(7-12)3-4-14-8-11/h9-10H,3-8,12H2,1-2H3. The second-order valence-corrected chi connectivity index (χ2v) is 5.07. The molecule has 3 atom stereocenters. The summed E-state index contributed by atoms with van der Waals surface area (Å²) in [5.41, 5.74) is 6.09. The van der Waals surface area contributed by atoms with Crippen molar-refractivity contribution in [2.24, 2.45) is 11.7 Å². The Bertz CT molecular complexity index is 201. The smallest absolute Gasteiger partial charge is 0.0663 e. The van der Waals surface area contributed by atoms with Gasteiger partial charge in [-0.25, -0.2) is 0 Å². The molecule has 2 rings (SSSR count). The summed E-state index contributed by atoms with van der Waals surface area (Å²) in [4.78, 5) is 2.59. The van der Waals surface area contributed by atoms with Gasteiger partial charge in [-0.3, -0.25) is 4.90 Å². The number of hydrogen-bond acceptors (Lipinski definition) is 3. The van der Waals surface area contributed by atoms with E-state index in [2.05, 4.69) is 18.7 Å². The lowest BCUT2D eigenvalue weighted by molar-refractivity contribution is 0.0650. The van der Waals surface area contributed by atoms with E-state index in [1.165, 1.54) is 13.0 Å². The Morgan fingerprint density at radius 3 is 2.71 bits per heavy atom. The van der Waals surface area contributed by atoms with Crippen molar-refractivity contribution in [2.45, 2.75) is 38.3 Å². The molecule has 0 aliphatic carbocycles. The van der Waals surface area contributed by atoms with Crippen LogP contribution in [0.2, 0.25) is 0 Å². The minimum absolute atomic E-state index is 0.157. The van der Waals surface area contributed by atoms with Crippen molar-refractivity contribution < 1.29 is 4.74 Å². The van der Waals surface area contributed by atoms with E-state index < -0.39 is 0 Å². The molecule has 82 valence electrons. The van der Waals surface area contributed by atoms with Crippen LogP contribution in [0.3, 0.4) is 0 Å². The maximum absolute atomic E-state index is 5.93. The topological polar surface area (TPSA) is 38.5 Å². The highest BCUT2D eigenvalue weighted by atomic mass is 16.5. The highest BCUT2D eigenvalue weighted by Gasteiger charge is 2.44. The average molecular weight is 198 g/mol. The van der Waals surface area contributed by atoms with Gasteiger partial charge in [-0.05, 0) is 25.7 Å². The normalized spacial score (nSPS) is 44.8. The molecule has 3 unspecified atom stereocenters. The van der Waals surface area contributed by atoms with E-state index in [1.807, 2.05) is 0 Å². The predicted octanol–water partition coefficient (Wildman–Crippen LogP) is 0.834. The fourth-order valence-electron chi connectivity index (χ4n) is 3.06. The molecule has 14 heavy (non-hydrogen) atoms. The van der Waals surface area contributed by atoms with E-state index in [0.29, 0.717) is 6.04 Å². The Hall–Kier alpha value is -0.120. The molecular weight excluding hydrogens is 176 g/mol. The van der Waals surface area contributed by atoms with Crippen molar-refractivity contribution in [2.75, 3.05) is 26.3 Å². The molecule has 3 nitrogen and oxygen atoms in total. The van der Waals surface area contributed by atoms with Gasteiger partial charge in [-0.1, -0.05) is 6.92 Å². The fraction of sp³-hybridized carbons (Fsp3) is 1.00. The number of nitrogens with two attached hydrogens (primary N) is 1. The summed E-state index contributed by atoms with van der Waals surface area (Å²) in [6.45, 7) is 8.30. The zero-order valence-electron chi connectivity index (χ0n) is 9.33. The second kappa shape index (κ2) is 3.80. The fourth-order valence-corrected chi connectivity index (χ4v) is 3.06. The first-order valence-corrected chi connectivity index (χ1v) is 5.72. The van der Waals surface area contributed by atoms with Crippen LogP contribution in [-0.4, -0.2) is 42.8 Å².